The predicted molar refractivity (Wildman–Crippen MR) is 81.5 cm³/mol. The normalized spacial score (nSPS) is 16.5. The molecule has 0 radical (unpaired) electrons. The van der Waals surface area contributed by atoms with Crippen molar-refractivity contribution in [2.45, 2.75) is 26.8 Å². The molecule has 1 aromatic carbocycles. The van der Waals surface area contributed by atoms with E-state index in [1.165, 1.54) is 4.90 Å². The third kappa shape index (κ3) is 2.89. The standard InChI is InChI=1S/C16H19N3O3/c1-16(2,3)13(14(20)21)19-9-8-18(15(19)22)12-6-4-11(10-17)5-7-12/h4-7,13H,8-9H2,1-3H3,(H,20,21). The van der Waals surface area contributed by atoms with Crippen LogP contribution in [0.3, 0.4) is 0 Å². The summed E-state index contributed by atoms with van der Waals surface area (Å²) in [6.45, 7) is 6.23. The van der Waals surface area contributed by atoms with Gasteiger partial charge in [0.1, 0.15) is 6.04 Å². The molecule has 1 atom stereocenters. The first-order chi connectivity index (χ1) is 10.3. The first-order valence-electron chi connectivity index (χ1n) is 7.07. The summed E-state index contributed by atoms with van der Waals surface area (Å²) in [5.41, 5.74) is 0.636. The molecule has 0 aromatic heterocycles. The van der Waals surface area contributed by atoms with Crippen LogP contribution in [0.2, 0.25) is 0 Å². The Kier molecular flexibility index (Phi) is 4.09. The van der Waals surface area contributed by atoms with Gasteiger partial charge in [-0.2, -0.15) is 5.26 Å². The number of carbonyl (C=O) groups is 2. The zero-order valence-electron chi connectivity index (χ0n) is 12.9. The number of carboxylic acids is 1. The number of carboxylic acid groups (broad SMARTS) is 1. The molecule has 2 amide bonds. The molecule has 1 unspecified atom stereocenters. The van der Waals surface area contributed by atoms with Crippen molar-refractivity contribution in [1.82, 2.24) is 4.90 Å². The van der Waals surface area contributed by atoms with E-state index >= 15 is 0 Å². The van der Waals surface area contributed by atoms with Gasteiger partial charge < -0.3 is 10.0 Å². The van der Waals surface area contributed by atoms with E-state index in [4.69, 9.17) is 5.26 Å². The highest BCUT2D eigenvalue weighted by molar-refractivity contribution is 5.96. The summed E-state index contributed by atoms with van der Waals surface area (Å²) in [6.07, 6.45) is 0. The van der Waals surface area contributed by atoms with E-state index in [2.05, 4.69) is 0 Å². The average Bonchev–Trinajstić information content (AvgIpc) is 2.79. The van der Waals surface area contributed by atoms with Crippen LogP contribution in [0, 0.1) is 16.7 Å². The number of anilines is 1. The van der Waals surface area contributed by atoms with Crippen LogP contribution in [0.4, 0.5) is 10.5 Å². The summed E-state index contributed by atoms with van der Waals surface area (Å²) in [5.74, 6) is -0.998. The summed E-state index contributed by atoms with van der Waals surface area (Å²) < 4.78 is 0. The molecule has 1 saturated heterocycles. The van der Waals surface area contributed by atoms with E-state index < -0.39 is 17.4 Å². The molecule has 1 heterocycles. The van der Waals surface area contributed by atoms with E-state index in [9.17, 15) is 14.7 Å². The van der Waals surface area contributed by atoms with E-state index in [0.717, 1.165) is 0 Å². The number of urea groups is 1. The number of nitrogens with zero attached hydrogens (tertiary/aromatic N) is 3. The number of rotatable bonds is 3. The molecule has 1 aromatic rings. The first kappa shape index (κ1) is 15.8. The maximum Gasteiger partial charge on any atom is 0.327 e. The Hall–Kier alpha value is -2.55. The maximum absolute atomic E-state index is 12.6. The minimum absolute atomic E-state index is 0.313. The smallest absolute Gasteiger partial charge is 0.327 e. The molecule has 0 bridgehead atoms. The van der Waals surface area contributed by atoms with Crippen molar-refractivity contribution in [3.05, 3.63) is 29.8 Å². The van der Waals surface area contributed by atoms with Crippen molar-refractivity contribution in [3.8, 4) is 6.07 Å². The lowest BCUT2D eigenvalue weighted by Crippen LogP contribution is -2.51. The minimum atomic E-state index is -0.998. The van der Waals surface area contributed by atoms with Gasteiger partial charge in [0.2, 0.25) is 0 Å². The van der Waals surface area contributed by atoms with E-state index in [1.807, 2.05) is 26.8 Å². The van der Waals surface area contributed by atoms with Gasteiger partial charge in [-0.3, -0.25) is 4.90 Å². The highest BCUT2D eigenvalue weighted by Gasteiger charge is 2.43. The fourth-order valence-corrected chi connectivity index (χ4v) is 2.72. The zero-order valence-corrected chi connectivity index (χ0v) is 12.9. The molecule has 2 rings (SSSR count). The molecule has 0 spiro atoms. The third-order valence-corrected chi connectivity index (χ3v) is 3.72. The largest absolute Gasteiger partial charge is 0.480 e. The van der Waals surface area contributed by atoms with Gasteiger partial charge >= 0.3 is 12.0 Å². The lowest BCUT2D eigenvalue weighted by molar-refractivity contribution is -0.145. The lowest BCUT2D eigenvalue weighted by Gasteiger charge is -2.34. The number of benzene rings is 1. The van der Waals surface area contributed by atoms with Gasteiger partial charge in [-0.1, -0.05) is 20.8 Å². The van der Waals surface area contributed by atoms with Crippen LogP contribution < -0.4 is 4.90 Å². The van der Waals surface area contributed by atoms with Gasteiger partial charge in [0.05, 0.1) is 11.6 Å². The Labute approximate surface area is 129 Å². The van der Waals surface area contributed by atoms with Crippen molar-refractivity contribution in [2.24, 2.45) is 5.41 Å². The molecule has 0 aliphatic carbocycles. The minimum Gasteiger partial charge on any atom is -0.480 e. The van der Waals surface area contributed by atoms with Crippen LogP contribution in [-0.4, -0.2) is 41.1 Å². The van der Waals surface area contributed by atoms with Crippen molar-refractivity contribution >= 4 is 17.7 Å². The Morgan fingerprint density at radius 3 is 2.32 bits per heavy atom. The van der Waals surface area contributed by atoms with Crippen molar-refractivity contribution in [1.29, 1.82) is 5.26 Å². The summed E-state index contributed by atoms with van der Waals surface area (Å²) in [5, 5.41) is 18.3. The first-order valence-corrected chi connectivity index (χ1v) is 7.07. The maximum atomic E-state index is 12.6. The second kappa shape index (κ2) is 5.68. The summed E-state index contributed by atoms with van der Waals surface area (Å²) in [7, 11) is 0. The topological polar surface area (TPSA) is 84.6 Å². The number of nitriles is 1. The van der Waals surface area contributed by atoms with Crippen LogP contribution in [0.1, 0.15) is 26.3 Å². The summed E-state index contributed by atoms with van der Waals surface area (Å²) >= 11 is 0. The molecule has 6 nitrogen and oxygen atoms in total. The van der Waals surface area contributed by atoms with E-state index in [0.29, 0.717) is 24.3 Å². The predicted octanol–water partition coefficient (Wildman–Crippen LogP) is 2.30. The van der Waals surface area contributed by atoms with Gasteiger partial charge in [0.15, 0.2) is 0 Å². The summed E-state index contributed by atoms with van der Waals surface area (Å²) in [4.78, 5) is 27.1. The number of aliphatic carboxylic acids is 1. The van der Waals surface area contributed by atoms with Gasteiger partial charge in [-0.05, 0) is 29.7 Å². The van der Waals surface area contributed by atoms with Crippen molar-refractivity contribution in [2.75, 3.05) is 18.0 Å². The van der Waals surface area contributed by atoms with Crippen LogP contribution in [-0.2, 0) is 4.79 Å². The molecular weight excluding hydrogens is 282 g/mol. The highest BCUT2D eigenvalue weighted by Crippen LogP contribution is 2.29. The quantitative estimate of drug-likeness (QED) is 0.928. The molecule has 22 heavy (non-hydrogen) atoms. The monoisotopic (exact) mass is 301 g/mol. The Morgan fingerprint density at radius 1 is 1.27 bits per heavy atom. The van der Waals surface area contributed by atoms with Crippen LogP contribution in [0.5, 0.6) is 0 Å². The van der Waals surface area contributed by atoms with Gasteiger partial charge in [-0.25, -0.2) is 9.59 Å². The fourth-order valence-electron chi connectivity index (χ4n) is 2.72. The molecule has 1 N–H and O–H groups in total. The van der Waals surface area contributed by atoms with Gasteiger partial charge in [0, 0.05) is 18.8 Å². The summed E-state index contributed by atoms with van der Waals surface area (Å²) in [6, 6.07) is 7.53. The molecule has 1 fully saturated rings. The Morgan fingerprint density at radius 2 is 1.86 bits per heavy atom. The number of hydrogen-bond donors (Lipinski definition) is 1. The molecule has 6 heteroatoms. The number of amides is 2. The Bertz CT molecular complexity index is 626. The van der Waals surface area contributed by atoms with Crippen LogP contribution in [0.25, 0.3) is 0 Å². The second-order valence-corrected chi connectivity index (χ2v) is 6.39. The van der Waals surface area contributed by atoms with Gasteiger partial charge in [0.25, 0.3) is 0 Å². The molecule has 0 saturated carbocycles. The number of carbonyl (C=O) groups excluding carboxylic acids is 1. The third-order valence-electron chi connectivity index (χ3n) is 3.72. The van der Waals surface area contributed by atoms with Crippen LogP contribution in [0.15, 0.2) is 24.3 Å². The fraction of sp³-hybridized carbons (Fsp3) is 0.438. The SMILES string of the molecule is CC(C)(C)C(C(=O)O)N1CCN(c2ccc(C#N)cc2)C1=O. The molecular formula is C16H19N3O3. The van der Waals surface area contributed by atoms with Crippen molar-refractivity contribution in [3.63, 3.8) is 0 Å². The molecule has 1 aliphatic heterocycles. The number of hydrogen-bond acceptors (Lipinski definition) is 3. The lowest BCUT2D eigenvalue weighted by atomic mass is 9.86. The highest BCUT2D eigenvalue weighted by atomic mass is 16.4. The van der Waals surface area contributed by atoms with Crippen molar-refractivity contribution < 1.29 is 14.7 Å². The van der Waals surface area contributed by atoms with Gasteiger partial charge in [-0.15, -0.1) is 0 Å². The second-order valence-electron chi connectivity index (χ2n) is 6.39. The molecule has 116 valence electrons. The average molecular weight is 301 g/mol. The van der Waals surface area contributed by atoms with E-state index in [-0.39, 0.29) is 6.03 Å². The Balaban J connectivity index is 2.25. The zero-order chi connectivity index (χ0) is 16.5. The van der Waals surface area contributed by atoms with E-state index in [1.54, 1.807) is 29.2 Å². The van der Waals surface area contributed by atoms with Crippen LogP contribution >= 0.6 is 0 Å². The molecule has 1 aliphatic rings.